The van der Waals surface area contributed by atoms with Crippen molar-refractivity contribution < 1.29 is 9.59 Å². The third kappa shape index (κ3) is 3.32. The highest BCUT2D eigenvalue weighted by molar-refractivity contribution is 9.10. The number of carbonyl (C=O) groups is 2. The second-order valence-corrected chi connectivity index (χ2v) is 5.51. The van der Waals surface area contributed by atoms with Crippen LogP contribution in [0.4, 0.5) is 0 Å². The van der Waals surface area contributed by atoms with Crippen molar-refractivity contribution >= 4 is 27.7 Å². The van der Waals surface area contributed by atoms with Gasteiger partial charge in [0.05, 0.1) is 11.5 Å². The van der Waals surface area contributed by atoms with E-state index in [1.807, 2.05) is 0 Å². The van der Waals surface area contributed by atoms with Crippen LogP contribution in [0.15, 0.2) is 22.9 Å². The summed E-state index contributed by atoms with van der Waals surface area (Å²) < 4.78 is 0.776. The molecule has 1 fully saturated rings. The van der Waals surface area contributed by atoms with Crippen molar-refractivity contribution in [1.82, 2.24) is 15.2 Å². The first-order valence-electron chi connectivity index (χ1n) is 6.23. The van der Waals surface area contributed by atoms with E-state index in [0.717, 1.165) is 17.3 Å². The second-order valence-electron chi connectivity index (χ2n) is 4.60. The van der Waals surface area contributed by atoms with E-state index in [1.54, 1.807) is 30.4 Å². The van der Waals surface area contributed by atoms with Gasteiger partial charge in [0, 0.05) is 37.0 Å². The molecule has 0 aliphatic carbocycles. The number of halogens is 1. The van der Waals surface area contributed by atoms with Gasteiger partial charge in [0.25, 0.3) is 5.91 Å². The van der Waals surface area contributed by atoms with Gasteiger partial charge >= 0.3 is 0 Å². The van der Waals surface area contributed by atoms with Crippen LogP contribution in [0.5, 0.6) is 0 Å². The number of piperidine rings is 1. The summed E-state index contributed by atoms with van der Waals surface area (Å²) in [5.41, 5.74) is 0.548. The SMILES string of the molecule is CNC(=O)[C@@H]1CCCN(C(=O)c2cncc(Br)c2)C1. The summed E-state index contributed by atoms with van der Waals surface area (Å²) in [4.78, 5) is 29.7. The lowest BCUT2D eigenvalue weighted by Gasteiger charge is -2.31. The van der Waals surface area contributed by atoms with Crippen molar-refractivity contribution in [2.45, 2.75) is 12.8 Å². The van der Waals surface area contributed by atoms with Gasteiger partial charge in [-0.15, -0.1) is 0 Å². The molecule has 2 amide bonds. The highest BCUT2D eigenvalue weighted by Crippen LogP contribution is 2.19. The molecule has 1 aromatic heterocycles. The Morgan fingerprint density at radius 1 is 1.47 bits per heavy atom. The summed E-state index contributed by atoms with van der Waals surface area (Å²) in [5, 5.41) is 2.65. The lowest BCUT2D eigenvalue weighted by atomic mass is 9.96. The second kappa shape index (κ2) is 6.14. The number of rotatable bonds is 2. The standard InChI is InChI=1S/C13H16BrN3O2/c1-15-12(18)9-3-2-4-17(8-9)13(19)10-5-11(14)7-16-6-10/h5-7,9H,2-4,8H2,1H3,(H,15,18)/t9-/m1/s1. The molecule has 19 heavy (non-hydrogen) atoms. The number of likely N-dealkylation sites (tertiary alicyclic amines) is 1. The molecule has 0 unspecified atom stereocenters. The summed E-state index contributed by atoms with van der Waals surface area (Å²) in [7, 11) is 1.63. The third-order valence-corrected chi connectivity index (χ3v) is 3.71. The molecule has 1 saturated heterocycles. The average molecular weight is 326 g/mol. The first kappa shape index (κ1) is 14.0. The fourth-order valence-electron chi connectivity index (χ4n) is 2.29. The number of carbonyl (C=O) groups excluding carboxylic acids is 2. The molecule has 1 aliphatic heterocycles. The minimum atomic E-state index is -0.109. The molecule has 0 aromatic carbocycles. The van der Waals surface area contributed by atoms with Gasteiger partial charge in [-0.25, -0.2) is 0 Å². The molecule has 5 nitrogen and oxygen atoms in total. The Morgan fingerprint density at radius 2 is 2.26 bits per heavy atom. The zero-order valence-electron chi connectivity index (χ0n) is 10.7. The monoisotopic (exact) mass is 325 g/mol. The number of nitrogens with zero attached hydrogens (tertiary/aromatic N) is 2. The van der Waals surface area contributed by atoms with E-state index >= 15 is 0 Å². The highest BCUT2D eigenvalue weighted by Gasteiger charge is 2.28. The van der Waals surface area contributed by atoms with E-state index in [0.29, 0.717) is 18.7 Å². The molecule has 0 radical (unpaired) electrons. The van der Waals surface area contributed by atoms with Gasteiger partial charge in [0.15, 0.2) is 0 Å². The maximum atomic E-state index is 12.3. The van der Waals surface area contributed by atoms with E-state index in [9.17, 15) is 9.59 Å². The van der Waals surface area contributed by atoms with Gasteiger partial charge in [0.1, 0.15) is 0 Å². The zero-order valence-corrected chi connectivity index (χ0v) is 12.3. The lowest BCUT2D eigenvalue weighted by molar-refractivity contribution is -0.125. The number of hydrogen-bond acceptors (Lipinski definition) is 3. The molecule has 1 aromatic rings. The van der Waals surface area contributed by atoms with Crippen LogP contribution in [0.25, 0.3) is 0 Å². The number of amides is 2. The Labute approximate surface area is 120 Å². The van der Waals surface area contributed by atoms with Crippen LogP contribution in [0.3, 0.4) is 0 Å². The average Bonchev–Trinajstić information content (AvgIpc) is 2.45. The molecular weight excluding hydrogens is 310 g/mol. The minimum Gasteiger partial charge on any atom is -0.359 e. The van der Waals surface area contributed by atoms with Crippen molar-refractivity contribution in [1.29, 1.82) is 0 Å². The van der Waals surface area contributed by atoms with Gasteiger partial charge in [-0.05, 0) is 34.8 Å². The van der Waals surface area contributed by atoms with Crippen LogP contribution >= 0.6 is 15.9 Å². The molecule has 1 N–H and O–H groups in total. The van der Waals surface area contributed by atoms with E-state index < -0.39 is 0 Å². The fourth-order valence-corrected chi connectivity index (χ4v) is 2.66. The van der Waals surface area contributed by atoms with Gasteiger partial charge in [-0.2, -0.15) is 0 Å². The summed E-state index contributed by atoms with van der Waals surface area (Å²) in [6.07, 6.45) is 4.88. The Morgan fingerprint density at radius 3 is 2.95 bits per heavy atom. The molecule has 102 valence electrons. The van der Waals surface area contributed by atoms with Crippen LogP contribution in [0.2, 0.25) is 0 Å². The maximum absolute atomic E-state index is 12.3. The molecule has 1 atom stereocenters. The summed E-state index contributed by atoms with van der Waals surface area (Å²) >= 11 is 3.30. The molecule has 2 rings (SSSR count). The molecule has 0 saturated carbocycles. The quantitative estimate of drug-likeness (QED) is 0.895. The van der Waals surface area contributed by atoms with E-state index in [1.165, 1.54) is 0 Å². The number of aromatic nitrogens is 1. The van der Waals surface area contributed by atoms with Gasteiger partial charge in [-0.1, -0.05) is 0 Å². The van der Waals surface area contributed by atoms with Crippen molar-refractivity contribution in [3.8, 4) is 0 Å². The predicted molar refractivity (Wildman–Crippen MR) is 74.6 cm³/mol. The van der Waals surface area contributed by atoms with Crippen molar-refractivity contribution in [3.05, 3.63) is 28.5 Å². The molecule has 0 bridgehead atoms. The minimum absolute atomic E-state index is 0.00451. The van der Waals surface area contributed by atoms with E-state index in [-0.39, 0.29) is 17.7 Å². The normalized spacial score (nSPS) is 19.1. The number of pyridine rings is 1. The number of hydrogen-bond donors (Lipinski definition) is 1. The van der Waals surface area contributed by atoms with Crippen LogP contribution in [0.1, 0.15) is 23.2 Å². The maximum Gasteiger partial charge on any atom is 0.255 e. The van der Waals surface area contributed by atoms with E-state index in [2.05, 4.69) is 26.2 Å². The Hall–Kier alpha value is -1.43. The molecule has 2 heterocycles. The molecular formula is C13H16BrN3O2. The Balaban J connectivity index is 2.09. The zero-order chi connectivity index (χ0) is 13.8. The topological polar surface area (TPSA) is 62.3 Å². The van der Waals surface area contributed by atoms with Crippen molar-refractivity contribution in [3.63, 3.8) is 0 Å². The van der Waals surface area contributed by atoms with E-state index in [4.69, 9.17) is 0 Å². The summed E-state index contributed by atoms with van der Waals surface area (Å²) in [5.74, 6) is -0.171. The van der Waals surface area contributed by atoms with Crippen LogP contribution in [0, 0.1) is 5.92 Å². The predicted octanol–water partition coefficient (Wildman–Crippen LogP) is 1.44. The largest absolute Gasteiger partial charge is 0.359 e. The van der Waals surface area contributed by atoms with Crippen LogP contribution < -0.4 is 5.32 Å². The summed E-state index contributed by atoms with van der Waals surface area (Å²) in [6.45, 7) is 1.17. The fraction of sp³-hybridized carbons (Fsp3) is 0.462. The van der Waals surface area contributed by atoms with Crippen LogP contribution in [-0.4, -0.2) is 41.8 Å². The molecule has 6 heteroatoms. The van der Waals surface area contributed by atoms with Crippen molar-refractivity contribution in [2.24, 2.45) is 5.92 Å². The Bertz CT molecular complexity index is 493. The highest BCUT2D eigenvalue weighted by atomic mass is 79.9. The van der Waals surface area contributed by atoms with Gasteiger partial charge < -0.3 is 10.2 Å². The molecule has 0 spiro atoms. The number of nitrogens with one attached hydrogen (secondary N) is 1. The van der Waals surface area contributed by atoms with Crippen molar-refractivity contribution in [2.75, 3.05) is 20.1 Å². The first-order chi connectivity index (χ1) is 9.11. The molecule has 1 aliphatic rings. The summed E-state index contributed by atoms with van der Waals surface area (Å²) in [6, 6.07) is 1.75. The van der Waals surface area contributed by atoms with Gasteiger partial charge in [-0.3, -0.25) is 14.6 Å². The first-order valence-corrected chi connectivity index (χ1v) is 7.02. The van der Waals surface area contributed by atoms with Gasteiger partial charge in [0.2, 0.25) is 5.91 Å². The lowest BCUT2D eigenvalue weighted by Crippen LogP contribution is -2.44. The van der Waals surface area contributed by atoms with Crippen LogP contribution in [-0.2, 0) is 4.79 Å². The Kier molecular flexibility index (Phi) is 4.52. The third-order valence-electron chi connectivity index (χ3n) is 3.28. The smallest absolute Gasteiger partial charge is 0.255 e.